The van der Waals surface area contributed by atoms with Crippen LogP contribution in [0.25, 0.3) is 0 Å². The Bertz CT molecular complexity index is 415. The first kappa shape index (κ1) is 14.3. The normalized spacial score (nSPS) is 13.1. The van der Waals surface area contributed by atoms with Gasteiger partial charge in [-0.15, -0.1) is 0 Å². The Morgan fingerprint density at radius 2 is 2.00 bits per heavy atom. The predicted octanol–water partition coefficient (Wildman–Crippen LogP) is 2.89. The van der Waals surface area contributed by atoms with Gasteiger partial charge in [0, 0.05) is 0 Å². The van der Waals surface area contributed by atoms with Gasteiger partial charge in [0.05, 0.1) is 0 Å². The third-order valence-corrected chi connectivity index (χ3v) is 2.45. The van der Waals surface area contributed by atoms with Gasteiger partial charge in [-0.05, 0) is 18.1 Å². The van der Waals surface area contributed by atoms with Crippen molar-refractivity contribution in [1.29, 1.82) is 0 Å². The minimum absolute atomic E-state index is 0.287. The van der Waals surface area contributed by atoms with Crippen molar-refractivity contribution >= 4 is 5.97 Å². The summed E-state index contributed by atoms with van der Waals surface area (Å²) in [5, 5.41) is 8.51. The fourth-order valence-electron chi connectivity index (χ4n) is 1.42. The van der Waals surface area contributed by atoms with Crippen molar-refractivity contribution in [2.75, 3.05) is 6.61 Å². The number of hydrogen-bond acceptors (Lipinski definition) is 2. The zero-order valence-electron chi connectivity index (χ0n) is 9.70. The van der Waals surface area contributed by atoms with Crippen molar-refractivity contribution in [2.45, 2.75) is 19.5 Å². The molecule has 0 aliphatic carbocycles. The van der Waals surface area contributed by atoms with E-state index in [0.29, 0.717) is 6.42 Å². The first-order valence-corrected chi connectivity index (χ1v) is 5.36. The Kier molecular flexibility index (Phi) is 4.58. The topological polar surface area (TPSA) is 46.5 Å². The molecular formula is C12H13F3O3. The summed E-state index contributed by atoms with van der Waals surface area (Å²) < 4.78 is 42.2. The summed E-state index contributed by atoms with van der Waals surface area (Å²) in [5.41, 5.74) is 0.740. The second-order valence-corrected chi connectivity index (χ2v) is 3.70. The maximum atomic E-state index is 12.4. The second-order valence-electron chi connectivity index (χ2n) is 3.70. The molecule has 0 amide bonds. The van der Waals surface area contributed by atoms with E-state index in [-0.39, 0.29) is 5.75 Å². The molecule has 18 heavy (non-hydrogen) atoms. The zero-order chi connectivity index (χ0) is 13.8. The summed E-state index contributed by atoms with van der Waals surface area (Å²) in [5.74, 6) is -4.16. The smallest absolute Gasteiger partial charge is 0.405 e. The molecule has 0 aliphatic rings. The van der Waals surface area contributed by atoms with Gasteiger partial charge in [-0.2, -0.15) is 13.2 Å². The van der Waals surface area contributed by atoms with Crippen LogP contribution in [-0.4, -0.2) is 23.9 Å². The van der Waals surface area contributed by atoms with E-state index in [0.717, 1.165) is 5.56 Å². The van der Waals surface area contributed by atoms with E-state index in [2.05, 4.69) is 0 Å². The van der Waals surface area contributed by atoms with E-state index in [9.17, 15) is 18.0 Å². The Morgan fingerprint density at radius 3 is 2.50 bits per heavy atom. The lowest BCUT2D eigenvalue weighted by atomic mass is 10.1. The fraction of sp³-hybridized carbons (Fsp3) is 0.417. The molecule has 3 nitrogen and oxygen atoms in total. The van der Waals surface area contributed by atoms with E-state index < -0.39 is 24.7 Å². The molecule has 0 radical (unpaired) electrons. The van der Waals surface area contributed by atoms with Gasteiger partial charge in [-0.1, -0.05) is 25.1 Å². The third-order valence-electron chi connectivity index (χ3n) is 2.45. The highest BCUT2D eigenvalue weighted by atomic mass is 19.4. The van der Waals surface area contributed by atoms with Gasteiger partial charge in [0.2, 0.25) is 0 Å². The number of hydrogen-bond donors (Lipinski definition) is 1. The number of aliphatic carboxylic acids is 1. The number of halogens is 3. The SMILES string of the molecule is CCc1ccccc1OCC(C(=O)O)C(F)(F)F. The Labute approximate surface area is 102 Å². The first-order valence-electron chi connectivity index (χ1n) is 5.36. The maximum absolute atomic E-state index is 12.4. The van der Waals surface area contributed by atoms with Crippen LogP contribution in [0, 0.1) is 5.92 Å². The van der Waals surface area contributed by atoms with Crippen molar-refractivity contribution in [1.82, 2.24) is 0 Å². The van der Waals surface area contributed by atoms with Crippen LogP contribution in [0.2, 0.25) is 0 Å². The molecule has 1 rings (SSSR count). The summed E-state index contributed by atoms with van der Waals surface area (Å²) in [4.78, 5) is 10.5. The van der Waals surface area contributed by atoms with Crippen LogP contribution in [0.15, 0.2) is 24.3 Å². The van der Waals surface area contributed by atoms with Crippen LogP contribution in [0.5, 0.6) is 5.75 Å². The molecule has 1 atom stereocenters. The lowest BCUT2D eigenvalue weighted by Gasteiger charge is -2.17. The number of benzene rings is 1. The van der Waals surface area contributed by atoms with Gasteiger partial charge >= 0.3 is 12.1 Å². The van der Waals surface area contributed by atoms with Crippen LogP contribution in [-0.2, 0) is 11.2 Å². The number of ether oxygens (including phenoxy) is 1. The highest BCUT2D eigenvalue weighted by Crippen LogP contribution is 2.28. The van der Waals surface area contributed by atoms with Crippen LogP contribution in [0.3, 0.4) is 0 Å². The molecule has 0 aliphatic heterocycles. The zero-order valence-corrected chi connectivity index (χ0v) is 9.70. The number of carboxylic acid groups (broad SMARTS) is 1. The lowest BCUT2D eigenvalue weighted by molar-refractivity contribution is -0.198. The van der Waals surface area contributed by atoms with Crippen molar-refractivity contribution in [3.63, 3.8) is 0 Å². The maximum Gasteiger partial charge on any atom is 0.405 e. The summed E-state index contributed by atoms with van der Waals surface area (Å²) in [6, 6.07) is 6.61. The molecular weight excluding hydrogens is 249 g/mol. The van der Waals surface area contributed by atoms with Gasteiger partial charge in [-0.25, -0.2) is 0 Å². The summed E-state index contributed by atoms with van der Waals surface area (Å²) in [6.07, 6.45) is -4.22. The largest absolute Gasteiger partial charge is 0.492 e. The van der Waals surface area contributed by atoms with Crippen molar-refractivity contribution in [2.24, 2.45) is 5.92 Å². The Balaban J connectivity index is 2.77. The number of para-hydroxylation sites is 1. The molecule has 0 aromatic heterocycles. The van der Waals surface area contributed by atoms with Crippen molar-refractivity contribution in [3.05, 3.63) is 29.8 Å². The molecule has 0 heterocycles. The molecule has 1 unspecified atom stereocenters. The summed E-state index contributed by atoms with van der Waals surface area (Å²) >= 11 is 0. The van der Waals surface area contributed by atoms with E-state index in [1.807, 2.05) is 6.92 Å². The van der Waals surface area contributed by atoms with Gasteiger partial charge in [0.1, 0.15) is 12.4 Å². The number of rotatable bonds is 5. The Hall–Kier alpha value is -1.72. The lowest BCUT2D eigenvalue weighted by Crippen LogP contribution is -2.35. The molecule has 0 fully saturated rings. The number of carboxylic acids is 1. The second kappa shape index (κ2) is 5.75. The van der Waals surface area contributed by atoms with Gasteiger partial charge in [0.25, 0.3) is 0 Å². The monoisotopic (exact) mass is 262 g/mol. The molecule has 6 heteroatoms. The van der Waals surface area contributed by atoms with E-state index in [4.69, 9.17) is 9.84 Å². The van der Waals surface area contributed by atoms with Crippen molar-refractivity contribution < 1.29 is 27.8 Å². The molecule has 0 saturated heterocycles. The van der Waals surface area contributed by atoms with Crippen LogP contribution >= 0.6 is 0 Å². The minimum atomic E-state index is -4.81. The third kappa shape index (κ3) is 3.65. The standard InChI is InChI=1S/C12H13F3O3/c1-2-8-5-3-4-6-10(8)18-7-9(11(16)17)12(13,14)15/h3-6,9H,2,7H2,1H3,(H,16,17). The van der Waals surface area contributed by atoms with Gasteiger partial charge < -0.3 is 9.84 Å². The molecule has 0 spiro atoms. The average Bonchev–Trinajstić information content (AvgIpc) is 2.27. The number of aryl methyl sites for hydroxylation is 1. The van der Waals surface area contributed by atoms with Crippen LogP contribution < -0.4 is 4.74 Å². The van der Waals surface area contributed by atoms with Gasteiger partial charge in [0.15, 0.2) is 5.92 Å². The number of carbonyl (C=O) groups is 1. The highest BCUT2D eigenvalue weighted by Gasteiger charge is 2.45. The van der Waals surface area contributed by atoms with E-state index in [1.54, 1.807) is 18.2 Å². The van der Waals surface area contributed by atoms with E-state index >= 15 is 0 Å². The summed E-state index contributed by atoms with van der Waals surface area (Å²) in [6.45, 7) is 0.913. The van der Waals surface area contributed by atoms with Crippen LogP contribution in [0.1, 0.15) is 12.5 Å². The quantitative estimate of drug-likeness (QED) is 0.887. The predicted molar refractivity (Wildman–Crippen MR) is 58.5 cm³/mol. The molecule has 1 aromatic carbocycles. The molecule has 0 bridgehead atoms. The molecule has 1 N–H and O–H groups in total. The van der Waals surface area contributed by atoms with Gasteiger partial charge in [-0.3, -0.25) is 4.79 Å². The molecule has 0 saturated carbocycles. The van der Waals surface area contributed by atoms with E-state index in [1.165, 1.54) is 6.07 Å². The number of alkyl halides is 3. The Morgan fingerprint density at radius 1 is 1.39 bits per heavy atom. The van der Waals surface area contributed by atoms with Crippen LogP contribution in [0.4, 0.5) is 13.2 Å². The average molecular weight is 262 g/mol. The van der Waals surface area contributed by atoms with Crippen molar-refractivity contribution in [3.8, 4) is 5.75 Å². The molecule has 1 aromatic rings. The first-order chi connectivity index (χ1) is 8.36. The highest BCUT2D eigenvalue weighted by molar-refractivity contribution is 5.71. The molecule has 100 valence electrons. The minimum Gasteiger partial charge on any atom is -0.492 e. The fourth-order valence-corrected chi connectivity index (χ4v) is 1.42. The summed E-state index contributed by atoms with van der Waals surface area (Å²) in [7, 11) is 0.